The van der Waals surface area contributed by atoms with Crippen molar-refractivity contribution in [2.24, 2.45) is 0 Å². The standard InChI is InChI=1S/C12H16ClNO2/c1-8(2)16-11-6-4-5-10(7-11)14-12(15)9(3)13/h4-9H,1-3H3,(H,14,15). The van der Waals surface area contributed by atoms with E-state index < -0.39 is 5.38 Å². The van der Waals surface area contributed by atoms with Crippen LogP contribution in [0.5, 0.6) is 5.75 Å². The largest absolute Gasteiger partial charge is 0.491 e. The van der Waals surface area contributed by atoms with Gasteiger partial charge in [0.15, 0.2) is 0 Å². The van der Waals surface area contributed by atoms with Crippen LogP contribution < -0.4 is 10.1 Å². The predicted octanol–water partition coefficient (Wildman–Crippen LogP) is 3.04. The maximum atomic E-state index is 11.4. The summed E-state index contributed by atoms with van der Waals surface area (Å²) in [6.07, 6.45) is 0.109. The summed E-state index contributed by atoms with van der Waals surface area (Å²) in [7, 11) is 0. The van der Waals surface area contributed by atoms with E-state index in [1.807, 2.05) is 26.0 Å². The molecule has 1 aromatic carbocycles. The van der Waals surface area contributed by atoms with Crippen molar-refractivity contribution in [3.8, 4) is 5.75 Å². The van der Waals surface area contributed by atoms with Crippen LogP contribution >= 0.6 is 11.6 Å². The predicted molar refractivity (Wildman–Crippen MR) is 66.2 cm³/mol. The molecule has 1 amide bonds. The van der Waals surface area contributed by atoms with E-state index >= 15 is 0 Å². The van der Waals surface area contributed by atoms with Crippen molar-refractivity contribution in [2.45, 2.75) is 32.3 Å². The summed E-state index contributed by atoms with van der Waals surface area (Å²) in [6.45, 7) is 5.53. The average Bonchev–Trinajstić information content (AvgIpc) is 2.16. The average molecular weight is 242 g/mol. The Hall–Kier alpha value is -1.22. The van der Waals surface area contributed by atoms with Crippen molar-refractivity contribution >= 4 is 23.2 Å². The normalized spacial score (nSPS) is 12.3. The van der Waals surface area contributed by atoms with Crippen LogP contribution in [0.2, 0.25) is 0 Å². The topological polar surface area (TPSA) is 38.3 Å². The van der Waals surface area contributed by atoms with Gasteiger partial charge >= 0.3 is 0 Å². The summed E-state index contributed by atoms with van der Waals surface area (Å²) in [6, 6.07) is 7.24. The first kappa shape index (κ1) is 12.8. The van der Waals surface area contributed by atoms with Gasteiger partial charge in [0.25, 0.3) is 0 Å². The lowest BCUT2D eigenvalue weighted by atomic mass is 10.3. The number of nitrogens with one attached hydrogen (secondary N) is 1. The molecule has 0 aliphatic rings. The number of amides is 1. The number of ether oxygens (including phenoxy) is 1. The lowest BCUT2D eigenvalue weighted by Gasteiger charge is -2.11. The van der Waals surface area contributed by atoms with Crippen molar-refractivity contribution in [1.29, 1.82) is 0 Å². The highest BCUT2D eigenvalue weighted by Gasteiger charge is 2.09. The van der Waals surface area contributed by atoms with Gasteiger partial charge in [-0.1, -0.05) is 6.07 Å². The SMILES string of the molecule is CC(C)Oc1cccc(NC(=O)C(C)Cl)c1. The Kier molecular flexibility index (Phi) is 4.62. The van der Waals surface area contributed by atoms with Gasteiger partial charge in [0, 0.05) is 11.8 Å². The van der Waals surface area contributed by atoms with Crippen LogP contribution in [0.1, 0.15) is 20.8 Å². The van der Waals surface area contributed by atoms with Crippen molar-refractivity contribution in [2.75, 3.05) is 5.32 Å². The summed E-state index contributed by atoms with van der Waals surface area (Å²) in [5, 5.41) is 2.16. The van der Waals surface area contributed by atoms with Crippen LogP contribution in [0, 0.1) is 0 Å². The van der Waals surface area contributed by atoms with Crippen molar-refractivity contribution < 1.29 is 9.53 Å². The number of carbonyl (C=O) groups excluding carboxylic acids is 1. The summed E-state index contributed by atoms with van der Waals surface area (Å²) < 4.78 is 5.51. The van der Waals surface area contributed by atoms with Gasteiger partial charge in [0.05, 0.1) is 6.10 Å². The van der Waals surface area contributed by atoms with Gasteiger partial charge in [-0.25, -0.2) is 0 Å². The van der Waals surface area contributed by atoms with E-state index in [1.54, 1.807) is 19.1 Å². The molecule has 0 aromatic heterocycles. The molecular weight excluding hydrogens is 226 g/mol. The Balaban J connectivity index is 2.71. The molecule has 1 unspecified atom stereocenters. The zero-order chi connectivity index (χ0) is 12.1. The number of anilines is 1. The lowest BCUT2D eigenvalue weighted by molar-refractivity contribution is -0.115. The molecule has 0 bridgehead atoms. The molecule has 88 valence electrons. The first-order valence-electron chi connectivity index (χ1n) is 5.20. The summed E-state index contributed by atoms with van der Waals surface area (Å²) >= 11 is 5.66. The van der Waals surface area contributed by atoms with Gasteiger partial charge in [0.2, 0.25) is 5.91 Å². The van der Waals surface area contributed by atoms with Crippen molar-refractivity contribution in [3.05, 3.63) is 24.3 Å². The minimum absolute atomic E-state index is 0.109. The van der Waals surface area contributed by atoms with E-state index in [-0.39, 0.29) is 12.0 Å². The third-order valence-corrected chi connectivity index (χ3v) is 2.03. The Labute approximate surface area is 101 Å². The van der Waals surface area contributed by atoms with Gasteiger partial charge < -0.3 is 10.1 Å². The molecule has 0 saturated heterocycles. The van der Waals surface area contributed by atoms with E-state index in [0.29, 0.717) is 5.69 Å². The van der Waals surface area contributed by atoms with Gasteiger partial charge in [0.1, 0.15) is 11.1 Å². The monoisotopic (exact) mass is 241 g/mol. The maximum absolute atomic E-state index is 11.4. The molecule has 1 aromatic rings. The van der Waals surface area contributed by atoms with E-state index in [1.165, 1.54) is 0 Å². The Bertz CT molecular complexity index is 364. The van der Waals surface area contributed by atoms with Gasteiger partial charge in [-0.15, -0.1) is 11.6 Å². The molecule has 1 atom stereocenters. The van der Waals surface area contributed by atoms with Crippen LogP contribution in [0.15, 0.2) is 24.3 Å². The summed E-state index contributed by atoms with van der Waals surface area (Å²) in [5.41, 5.74) is 0.690. The zero-order valence-corrected chi connectivity index (χ0v) is 10.4. The number of hydrogen-bond donors (Lipinski definition) is 1. The minimum Gasteiger partial charge on any atom is -0.491 e. The maximum Gasteiger partial charge on any atom is 0.242 e. The summed E-state index contributed by atoms with van der Waals surface area (Å²) in [4.78, 5) is 11.4. The van der Waals surface area contributed by atoms with Crippen molar-refractivity contribution in [1.82, 2.24) is 0 Å². The molecule has 0 radical (unpaired) electrons. The molecule has 16 heavy (non-hydrogen) atoms. The molecule has 1 rings (SSSR count). The van der Waals surface area contributed by atoms with E-state index in [4.69, 9.17) is 16.3 Å². The molecule has 0 aliphatic carbocycles. The van der Waals surface area contributed by atoms with Crippen LogP contribution in [0.3, 0.4) is 0 Å². The Morgan fingerprint density at radius 3 is 2.62 bits per heavy atom. The number of carbonyl (C=O) groups is 1. The number of alkyl halides is 1. The van der Waals surface area contributed by atoms with Crippen LogP contribution in [0.25, 0.3) is 0 Å². The Morgan fingerprint density at radius 1 is 1.38 bits per heavy atom. The number of benzene rings is 1. The quantitative estimate of drug-likeness (QED) is 0.823. The highest BCUT2D eigenvalue weighted by molar-refractivity contribution is 6.32. The molecule has 0 fully saturated rings. The molecule has 0 saturated carbocycles. The molecule has 0 spiro atoms. The second-order valence-electron chi connectivity index (χ2n) is 3.80. The van der Waals surface area contributed by atoms with Gasteiger partial charge in [-0.2, -0.15) is 0 Å². The highest BCUT2D eigenvalue weighted by Crippen LogP contribution is 2.18. The van der Waals surface area contributed by atoms with E-state index in [0.717, 1.165) is 5.75 Å². The van der Waals surface area contributed by atoms with Crippen molar-refractivity contribution in [3.63, 3.8) is 0 Å². The fourth-order valence-corrected chi connectivity index (χ4v) is 1.22. The van der Waals surface area contributed by atoms with E-state index in [9.17, 15) is 4.79 Å². The molecule has 4 heteroatoms. The second kappa shape index (κ2) is 5.75. The van der Waals surface area contributed by atoms with Crippen LogP contribution in [-0.4, -0.2) is 17.4 Å². The molecule has 0 aliphatic heterocycles. The zero-order valence-electron chi connectivity index (χ0n) is 9.66. The van der Waals surface area contributed by atoms with Crippen LogP contribution in [0.4, 0.5) is 5.69 Å². The Morgan fingerprint density at radius 2 is 2.06 bits per heavy atom. The highest BCUT2D eigenvalue weighted by atomic mass is 35.5. The van der Waals surface area contributed by atoms with E-state index in [2.05, 4.69) is 5.32 Å². The first-order chi connectivity index (χ1) is 7.49. The second-order valence-corrected chi connectivity index (χ2v) is 4.45. The number of halogens is 1. The third kappa shape index (κ3) is 4.11. The number of rotatable bonds is 4. The fraction of sp³-hybridized carbons (Fsp3) is 0.417. The first-order valence-corrected chi connectivity index (χ1v) is 5.64. The van der Waals surface area contributed by atoms with Gasteiger partial charge in [-0.3, -0.25) is 4.79 Å². The minimum atomic E-state index is -0.547. The van der Waals surface area contributed by atoms with Crippen LogP contribution in [-0.2, 0) is 4.79 Å². The third-order valence-electron chi connectivity index (χ3n) is 1.83. The number of hydrogen-bond acceptors (Lipinski definition) is 2. The molecule has 3 nitrogen and oxygen atoms in total. The lowest BCUT2D eigenvalue weighted by Crippen LogP contribution is -2.20. The molecule has 0 heterocycles. The molecular formula is C12H16ClNO2. The fourth-order valence-electron chi connectivity index (χ4n) is 1.16. The smallest absolute Gasteiger partial charge is 0.242 e. The molecule has 1 N–H and O–H groups in total. The van der Waals surface area contributed by atoms with Gasteiger partial charge in [-0.05, 0) is 32.9 Å². The summed E-state index contributed by atoms with van der Waals surface area (Å²) in [5.74, 6) is 0.512.